The summed E-state index contributed by atoms with van der Waals surface area (Å²) in [5.41, 5.74) is -1.57. The van der Waals surface area contributed by atoms with Crippen LogP contribution in [0.3, 0.4) is 0 Å². The van der Waals surface area contributed by atoms with Crippen LogP contribution in [0.15, 0.2) is 0 Å². The highest BCUT2D eigenvalue weighted by atomic mass is 79.9. The molecule has 3 unspecified atom stereocenters. The molecule has 2 bridgehead atoms. The minimum Gasteiger partial charge on any atom is -0.394 e. The number of aliphatic hydroxyl groups is 1. The lowest BCUT2D eigenvalue weighted by Gasteiger charge is -2.38. The molecule has 3 amide bonds. The molecular weight excluding hydrogens is 430 g/mol. The Kier molecular flexibility index (Phi) is 5.57. The molecule has 0 aromatic rings. The number of aliphatic hydroxyl groups excluding tert-OH is 1. The van der Waals surface area contributed by atoms with E-state index in [1.165, 1.54) is 11.9 Å². The van der Waals surface area contributed by atoms with E-state index in [9.17, 15) is 19.5 Å². The van der Waals surface area contributed by atoms with E-state index in [0.29, 0.717) is 12.8 Å². The third-order valence-corrected chi connectivity index (χ3v) is 6.94. The first kappa shape index (κ1) is 21.5. The number of halogens is 1. The molecule has 3 heterocycles. The van der Waals surface area contributed by atoms with Crippen LogP contribution in [0.1, 0.15) is 40.5 Å². The molecule has 3 fully saturated rings. The van der Waals surface area contributed by atoms with Gasteiger partial charge in [-0.05, 0) is 33.6 Å². The Hall–Kier alpha value is -1.19. The van der Waals surface area contributed by atoms with Crippen molar-refractivity contribution in [3.63, 3.8) is 0 Å². The molecule has 0 aromatic heterocycles. The number of fused-ring (bicyclic) bond motifs is 1. The fourth-order valence-corrected chi connectivity index (χ4v) is 6.02. The fourth-order valence-electron chi connectivity index (χ4n) is 5.08. The van der Waals surface area contributed by atoms with Gasteiger partial charge in [-0.1, -0.05) is 22.9 Å². The van der Waals surface area contributed by atoms with Crippen LogP contribution in [-0.4, -0.2) is 75.5 Å². The number of nitrogens with one attached hydrogen (secondary N) is 2. The number of alkyl halides is 1. The summed E-state index contributed by atoms with van der Waals surface area (Å²) < 4.78 is 6.31. The van der Waals surface area contributed by atoms with Crippen LogP contribution in [0.4, 0.5) is 0 Å². The fraction of sp³-hybridized carbons (Fsp3) is 0.842. The molecule has 9 heteroatoms. The number of carbonyl (C=O) groups excluding carboxylic acids is 3. The maximum Gasteiger partial charge on any atom is 0.246 e. The molecule has 7 atom stereocenters. The van der Waals surface area contributed by atoms with Crippen molar-refractivity contribution in [3.8, 4) is 0 Å². The van der Waals surface area contributed by atoms with E-state index in [4.69, 9.17) is 4.74 Å². The highest BCUT2D eigenvalue weighted by Crippen LogP contribution is 2.60. The van der Waals surface area contributed by atoms with Crippen LogP contribution in [0.5, 0.6) is 0 Å². The van der Waals surface area contributed by atoms with E-state index in [1.807, 2.05) is 27.7 Å². The van der Waals surface area contributed by atoms with Crippen LogP contribution in [0.25, 0.3) is 0 Å². The molecular formula is C19H30BrN3O5. The average molecular weight is 460 g/mol. The van der Waals surface area contributed by atoms with Crippen molar-refractivity contribution >= 4 is 33.7 Å². The molecule has 1 spiro atoms. The molecule has 3 aliphatic heterocycles. The molecule has 158 valence electrons. The van der Waals surface area contributed by atoms with Crippen molar-refractivity contribution in [1.82, 2.24) is 15.5 Å². The number of carbonyl (C=O) groups is 3. The summed E-state index contributed by atoms with van der Waals surface area (Å²) in [6, 6.07) is -1.40. The molecule has 0 radical (unpaired) electrons. The first-order chi connectivity index (χ1) is 13.0. The number of likely N-dealkylation sites (tertiary alicyclic amines) is 1. The quantitative estimate of drug-likeness (QED) is 0.507. The van der Waals surface area contributed by atoms with Crippen LogP contribution >= 0.6 is 15.9 Å². The second-order valence-electron chi connectivity index (χ2n) is 9.01. The van der Waals surface area contributed by atoms with Gasteiger partial charge in [-0.15, -0.1) is 0 Å². The lowest BCUT2D eigenvalue weighted by Crippen LogP contribution is -2.60. The van der Waals surface area contributed by atoms with Gasteiger partial charge < -0.3 is 25.4 Å². The van der Waals surface area contributed by atoms with Crippen LogP contribution in [0.2, 0.25) is 0 Å². The number of ether oxygens (including phenoxy) is 1. The maximum absolute atomic E-state index is 13.5. The topological polar surface area (TPSA) is 108 Å². The Balaban J connectivity index is 2.10. The van der Waals surface area contributed by atoms with Gasteiger partial charge in [-0.25, -0.2) is 0 Å². The highest BCUT2D eigenvalue weighted by molar-refractivity contribution is 9.09. The number of hydrogen-bond donors (Lipinski definition) is 3. The first-order valence-electron chi connectivity index (χ1n) is 9.81. The van der Waals surface area contributed by atoms with Gasteiger partial charge >= 0.3 is 0 Å². The summed E-state index contributed by atoms with van der Waals surface area (Å²) in [5, 5.41) is 15.5. The normalized spacial score (nSPS) is 37.8. The second-order valence-corrected chi connectivity index (χ2v) is 10.2. The minimum atomic E-state index is -1.08. The van der Waals surface area contributed by atoms with Crippen molar-refractivity contribution in [2.75, 3.05) is 13.7 Å². The summed E-state index contributed by atoms with van der Waals surface area (Å²) in [5.74, 6) is -2.26. The van der Waals surface area contributed by atoms with E-state index in [-0.39, 0.29) is 29.2 Å². The van der Waals surface area contributed by atoms with Gasteiger partial charge in [-0.2, -0.15) is 0 Å². The van der Waals surface area contributed by atoms with E-state index in [2.05, 4.69) is 26.6 Å². The Morgan fingerprint density at radius 3 is 2.54 bits per heavy atom. The molecule has 0 saturated carbocycles. The SMILES string of the molecule is CC[C@@H](CO)N1C(=O)[C@@H]2[C@@H](C(=O)NC)[C@@H]3OC2(CC3Br)C1C(=O)NC(C)(C)C. The maximum atomic E-state index is 13.5. The van der Waals surface area contributed by atoms with Crippen molar-refractivity contribution in [2.45, 2.75) is 74.7 Å². The Labute approximate surface area is 173 Å². The van der Waals surface area contributed by atoms with E-state index in [0.717, 1.165) is 0 Å². The minimum absolute atomic E-state index is 0.127. The van der Waals surface area contributed by atoms with E-state index < -0.39 is 41.2 Å². The Morgan fingerprint density at radius 2 is 2.04 bits per heavy atom. The average Bonchev–Trinajstić information content (AvgIpc) is 3.18. The molecule has 3 aliphatic rings. The van der Waals surface area contributed by atoms with Gasteiger partial charge in [0.2, 0.25) is 17.7 Å². The lowest BCUT2D eigenvalue weighted by molar-refractivity contribution is -0.146. The predicted octanol–water partition coefficient (Wildman–Crippen LogP) is 0.166. The highest BCUT2D eigenvalue weighted by Gasteiger charge is 2.76. The van der Waals surface area contributed by atoms with Crippen LogP contribution < -0.4 is 10.6 Å². The van der Waals surface area contributed by atoms with Crippen molar-refractivity contribution in [3.05, 3.63) is 0 Å². The monoisotopic (exact) mass is 459 g/mol. The molecule has 28 heavy (non-hydrogen) atoms. The van der Waals surface area contributed by atoms with Gasteiger partial charge in [0, 0.05) is 17.4 Å². The second kappa shape index (κ2) is 7.25. The third kappa shape index (κ3) is 3.06. The van der Waals surface area contributed by atoms with Crippen LogP contribution in [-0.2, 0) is 19.1 Å². The predicted molar refractivity (Wildman–Crippen MR) is 106 cm³/mol. The summed E-state index contributed by atoms with van der Waals surface area (Å²) >= 11 is 3.60. The number of amides is 3. The summed E-state index contributed by atoms with van der Waals surface area (Å²) in [4.78, 5) is 40.8. The number of hydrogen-bond acceptors (Lipinski definition) is 5. The van der Waals surface area contributed by atoms with Gasteiger partial charge in [0.05, 0.1) is 30.6 Å². The van der Waals surface area contributed by atoms with Gasteiger partial charge in [-0.3, -0.25) is 14.4 Å². The Bertz CT molecular complexity index is 677. The molecule has 0 aliphatic carbocycles. The zero-order chi connectivity index (χ0) is 21.0. The Morgan fingerprint density at radius 1 is 1.39 bits per heavy atom. The molecule has 0 aromatic carbocycles. The zero-order valence-electron chi connectivity index (χ0n) is 17.0. The zero-order valence-corrected chi connectivity index (χ0v) is 18.6. The first-order valence-corrected chi connectivity index (χ1v) is 10.7. The van der Waals surface area contributed by atoms with E-state index in [1.54, 1.807) is 0 Å². The smallest absolute Gasteiger partial charge is 0.246 e. The third-order valence-electron chi connectivity index (χ3n) is 6.10. The van der Waals surface area contributed by atoms with Crippen LogP contribution in [0, 0.1) is 11.8 Å². The van der Waals surface area contributed by atoms with Crippen molar-refractivity contribution < 1.29 is 24.2 Å². The summed E-state index contributed by atoms with van der Waals surface area (Å²) in [6.07, 6.45) is 0.494. The number of nitrogens with zero attached hydrogens (tertiary/aromatic N) is 1. The van der Waals surface area contributed by atoms with Gasteiger partial charge in [0.25, 0.3) is 0 Å². The summed E-state index contributed by atoms with van der Waals surface area (Å²) in [7, 11) is 1.54. The van der Waals surface area contributed by atoms with Gasteiger partial charge in [0.1, 0.15) is 11.6 Å². The van der Waals surface area contributed by atoms with Gasteiger partial charge in [0.15, 0.2) is 0 Å². The summed E-state index contributed by atoms with van der Waals surface area (Å²) in [6.45, 7) is 7.23. The molecule has 3 saturated heterocycles. The van der Waals surface area contributed by atoms with Crippen molar-refractivity contribution in [1.29, 1.82) is 0 Å². The van der Waals surface area contributed by atoms with Crippen molar-refractivity contribution in [2.24, 2.45) is 11.8 Å². The standard InChI is InChI=1S/C19H30BrN3O5/c1-6-9(8-24)23-14(16(26)22-18(2,3)4)19-7-10(20)13(28-19)11(15(25)21-5)12(19)17(23)27/h9-14,24H,6-8H2,1-5H3,(H,21,25)(H,22,26)/t9-,10?,11+,12-,13+,14?,19?/m0/s1. The molecule has 8 nitrogen and oxygen atoms in total. The van der Waals surface area contributed by atoms with E-state index >= 15 is 0 Å². The molecule has 3 rings (SSSR count). The largest absolute Gasteiger partial charge is 0.394 e. The number of rotatable bonds is 5. The lowest BCUT2D eigenvalue weighted by atomic mass is 9.70. The molecule has 3 N–H and O–H groups in total.